The first-order valence-corrected chi connectivity index (χ1v) is 9.65. The van der Waals surface area contributed by atoms with Crippen molar-refractivity contribution in [3.63, 3.8) is 0 Å². The van der Waals surface area contributed by atoms with Gasteiger partial charge in [0, 0.05) is 29.4 Å². The minimum atomic E-state index is 0. The predicted octanol–water partition coefficient (Wildman–Crippen LogP) is 3.76. The molecule has 2 N–H and O–H groups in total. The third-order valence-corrected chi connectivity index (χ3v) is 4.92. The number of nitrogens with one attached hydrogen (secondary N) is 2. The van der Waals surface area contributed by atoms with Crippen molar-refractivity contribution in [1.82, 2.24) is 25.4 Å². The van der Waals surface area contributed by atoms with E-state index in [2.05, 4.69) is 39.6 Å². The molecule has 3 aromatic rings. The molecule has 0 aliphatic rings. The monoisotopic (exact) mass is 496 g/mol. The van der Waals surface area contributed by atoms with Crippen molar-refractivity contribution in [3.05, 3.63) is 64.4 Å². The van der Waals surface area contributed by atoms with Crippen LogP contribution in [0.15, 0.2) is 53.9 Å². The molecule has 0 saturated carbocycles. The van der Waals surface area contributed by atoms with E-state index in [9.17, 15) is 0 Å². The lowest BCUT2D eigenvalue weighted by atomic mass is 10.3. The van der Waals surface area contributed by atoms with Crippen LogP contribution in [0.1, 0.15) is 29.3 Å². The summed E-state index contributed by atoms with van der Waals surface area (Å²) in [5, 5.41) is 12.1. The quantitative estimate of drug-likeness (QED) is 0.297. The molecular formula is C19H25IN6S. The largest absolute Gasteiger partial charge is 0.357 e. The van der Waals surface area contributed by atoms with Gasteiger partial charge in [0.25, 0.3) is 0 Å². The Morgan fingerprint density at radius 1 is 1.15 bits per heavy atom. The zero-order valence-corrected chi connectivity index (χ0v) is 18.7. The van der Waals surface area contributed by atoms with Crippen molar-refractivity contribution in [1.29, 1.82) is 0 Å². The fourth-order valence-corrected chi connectivity index (χ4v) is 3.23. The summed E-state index contributed by atoms with van der Waals surface area (Å²) in [6.07, 6.45) is 6.84. The molecule has 2 heterocycles. The van der Waals surface area contributed by atoms with E-state index < -0.39 is 0 Å². The number of thiazole rings is 1. The highest BCUT2D eigenvalue weighted by molar-refractivity contribution is 14.0. The van der Waals surface area contributed by atoms with Crippen LogP contribution in [-0.2, 0) is 19.5 Å². The molecule has 2 aromatic heterocycles. The van der Waals surface area contributed by atoms with Gasteiger partial charge < -0.3 is 10.6 Å². The minimum absolute atomic E-state index is 0. The summed E-state index contributed by atoms with van der Waals surface area (Å²) in [5.41, 5.74) is 2.11. The normalized spacial score (nSPS) is 11.1. The Kier molecular flexibility index (Phi) is 8.73. The number of aliphatic imine (C=N–C) groups is 1. The SMILES string of the molecule is CCNC(=NCc1cnn(-c2ccccc2)c1)NCc1ncc(CC)s1.I. The van der Waals surface area contributed by atoms with Crippen molar-refractivity contribution in [2.75, 3.05) is 6.54 Å². The maximum Gasteiger partial charge on any atom is 0.191 e. The molecule has 0 bridgehead atoms. The molecule has 1 aromatic carbocycles. The molecule has 0 unspecified atom stereocenters. The van der Waals surface area contributed by atoms with Gasteiger partial charge in [0.05, 0.1) is 25.0 Å². The molecule has 0 atom stereocenters. The van der Waals surface area contributed by atoms with Crippen LogP contribution in [0.2, 0.25) is 0 Å². The van der Waals surface area contributed by atoms with Gasteiger partial charge >= 0.3 is 0 Å². The van der Waals surface area contributed by atoms with Crippen molar-refractivity contribution >= 4 is 41.3 Å². The molecule has 0 aliphatic carbocycles. The first kappa shape index (κ1) is 21.4. The summed E-state index contributed by atoms with van der Waals surface area (Å²) < 4.78 is 1.87. The van der Waals surface area contributed by atoms with Gasteiger partial charge in [-0.05, 0) is 25.5 Å². The molecule has 6 nitrogen and oxygen atoms in total. The molecule has 144 valence electrons. The van der Waals surface area contributed by atoms with Crippen LogP contribution in [0.25, 0.3) is 5.69 Å². The topological polar surface area (TPSA) is 67.1 Å². The minimum Gasteiger partial charge on any atom is -0.357 e. The number of para-hydroxylation sites is 1. The van der Waals surface area contributed by atoms with E-state index in [0.717, 1.165) is 35.2 Å². The average molecular weight is 496 g/mol. The Labute approximate surface area is 181 Å². The Balaban J connectivity index is 0.00000261. The lowest BCUT2D eigenvalue weighted by Crippen LogP contribution is -2.36. The lowest BCUT2D eigenvalue weighted by Gasteiger charge is -2.09. The lowest BCUT2D eigenvalue weighted by molar-refractivity contribution is 0.811. The molecule has 0 spiro atoms. The number of benzene rings is 1. The maximum absolute atomic E-state index is 4.65. The van der Waals surface area contributed by atoms with Crippen LogP contribution in [0, 0.1) is 0 Å². The van der Waals surface area contributed by atoms with Gasteiger partial charge in [-0.2, -0.15) is 5.10 Å². The van der Waals surface area contributed by atoms with Crippen molar-refractivity contribution in [2.45, 2.75) is 33.4 Å². The van der Waals surface area contributed by atoms with Crippen LogP contribution < -0.4 is 10.6 Å². The van der Waals surface area contributed by atoms with Crippen LogP contribution in [0.5, 0.6) is 0 Å². The number of guanidine groups is 1. The molecule has 0 fully saturated rings. The summed E-state index contributed by atoms with van der Waals surface area (Å²) in [6, 6.07) is 10.1. The molecule has 3 rings (SSSR count). The Morgan fingerprint density at radius 2 is 1.96 bits per heavy atom. The predicted molar refractivity (Wildman–Crippen MR) is 122 cm³/mol. The van der Waals surface area contributed by atoms with Gasteiger partial charge in [-0.25, -0.2) is 14.7 Å². The fraction of sp³-hybridized carbons (Fsp3) is 0.316. The van der Waals surface area contributed by atoms with Gasteiger partial charge in [-0.15, -0.1) is 35.3 Å². The number of nitrogens with zero attached hydrogens (tertiary/aromatic N) is 4. The number of hydrogen-bond acceptors (Lipinski definition) is 4. The summed E-state index contributed by atoms with van der Waals surface area (Å²) in [6.45, 7) is 6.27. The Morgan fingerprint density at radius 3 is 2.67 bits per heavy atom. The molecule has 27 heavy (non-hydrogen) atoms. The summed E-state index contributed by atoms with van der Waals surface area (Å²) in [7, 11) is 0. The van der Waals surface area contributed by atoms with E-state index in [1.54, 1.807) is 11.3 Å². The number of hydrogen-bond donors (Lipinski definition) is 2. The van der Waals surface area contributed by atoms with Crippen molar-refractivity contribution < 1.29 is 0 Å². The number of aromatic nitrogens is 3. The fourth-order valence-electron chi connectivity index (χ4n) is 2.43. The summed E-state index contributed by atoms with van der Waals surface area (Å²) >= 11 is 1.74. The Bertz CT molecular complexity index is 843. The van der Waals surface area contributed by atoms with Crippen molar-refractivity contribution in [2.24, 2.45) is 4.99 Å². The number of aryl methyl sites for hydroxylation is 1. The first-order chi connectivity index (χ1) is 12.8. The van der Waals surface area contributed by atoms with E-state index in [0.29, 0.717) is 13.1 Å². The molecule has 0 aliphatic heterocycles. The van der Waals surface area contributed by atoms with Crippen LogP contribution in [0.3, 0.4) is 0 Å². The first-order valence-electron chi connectivity index (χ1n) is 8.83. The second kappa shape index (κ2) is 11.0. The van der Waals surface area contributed by atoms with E-state index in [1.165, 1.54) is 4.88 Å². The van der Waals surface area contributed by atoms with Gasteiger partial charge in [-0.1, -0.05) is 25.1 Å². The third kappa shape index (κ3) is 6.31. The second-order valence-corrected chi connectivity index (χ2v) is 6.95. The highest BCUT2D eigenvalue weighted by Gasteiger charge is 2.04. The highest BCUT2D eigenvalue weighted by Crippen LogP contribution is 2.13. The van der Waals surface area contributed by atoms with E-state index in [1.807, 2.05) is 53.6 Å². The number of rotatable bonds is 7. The summed E-state index contributed by atoms with van der Waals surface area (Å²) in [4.78, 5) is 10.4. The molecule has 0 amide bonds. The summed E-state index contributed by atoms with van der Waals surface area (Å²) in [5.74, 6) is 0.785. The van der Waals surface area contributed by atoms with E-state index >= 15 is 0 Å². The van der Waals surface area contributed by atoms with E-state index in [-0.39, 0.29) is 24.0 Å². The smallest absolute Gasteiger partial charge is 0.191 e. The van der Waals surface area contributed by atoms with Gasteiger partial charge in [0.2, 0.25) is 0 Å². The van der Waals surface area contributed by atoms with Crippen LogP contribution in [0.4, 0.5) is 0 Å². The second-order valence-electron chi connectivity index (χ2n) is 5.75. The standard InChI is InChI=1S/C19H24N6S.HI/c1-3-17-12-21-18(26-17)13-23-19(20-4-2)22-10-15-11-24-25(14-15)16-8-6-5-7-9-16;/h5-9,11-12,14H,3-4,10,13H2,1-2H3,(H2,20,22,23);1H. The molecule has 0 radical (unpaired) electrons. The average Bonchev–Trinajstić information content (AvgIpc) is 3.34. The zero-order chi connectivity index (χ0) is 18.2. The van der Waals surface area contributed by atoms with E-state index in [4.69, 9.17) is 0 Å². The third-order valence-electron chi connectivity index (χ3n) is 3.78. The van der Waals surface area contributed by atoms with Crippen molar-refractivity contribution in [3.8, 4) is 5.69 Å². The molecular weight excluding hydrogens is 471 g/mol. The zero-order valence-electron chi connectivity index (χ0n) is 15.6. The molecule has 8 heteroatoms. The van der Waals surface area contributed by atoms with Crippen LogP contribution >= 0.6 is 35.3 Å². The van der Waals surface area contributed by atoms with Gasteiger partial charge in [-0.3, -0.25) is 0 Å². The van der Waals surface area contributed by atoms with Gasteiger partial charge in [0.1, 0.15) is 5.01 Å². The number of halogens is 1. The Hall–Kier alpha value is -1.94. The maximum atomic E-state index is 4.65. The molecule has 0 saturated heterocycles. The van der Waals surface area contributed by atoms with Crippen LogP contribution in [-0.4, -0.2) is 27.3 Å². The highest BCUT2D eigenvalue weighted by atomic mass is 127. The van der Waals surface area contributed by atoms with Gasteiger partial charge in [0.15, 0.2) is 5.96 Å².